The zero-order valence-corrected chi connectivity index (χ0v) is 5.90. The molecule has 10 heavy (non-hydrogen) atoms. The lowest BCUT2D eigenvalue weighted by molar-refractivity contribution is 0.121. The van der Waals surface area contributed by atoms with Crippen molar-refractivity contribution in [1.82, 2.24) is 5.32 Å². The van der Waals surface area contributed by atoms with Gasteiger partial charge in [0, 0.05) is 0 Å². The Bertz CT molecular complexity index is 117. The minimum atomic E-state index is -2.46. The minimum Gasteiger partial charge on any atom is -0.299 e. The quantitative estimate of drug-likeness (QED) is 0.590. The molecule has 0 saturated heterocycles. The molecule has 0 aliphatic carbocycles. The molecular weight excluding hydrogens is 136 g/mol. The van der Waals surface area contributed by atoms with Gasteiger partial charge in [-0.25, -0.2) is 8.78 Å². The van der Waals surface area contributed by atoms with Gasteiger partial charge in [0.2, 0.25) is 0 Å². The smallest absolute Gasteiger partial charge is 0.264 e. The molecule has 0 spiro atoms. The largest absolute Gasteiger partial charge is 0.299 e. The standard InChI is InChI=1S/C7H11F2N/c1-3-5-10-6(4-2)7(8)9/h2,6-7,10H,3,5H2,1H3. The fourth-order valence-corrected chi connectivity index (χ4v) is 0.521. The fourth-order valence-electron chi connectivity index (χ4n) is 0.521. The van der Waals surface area contributed by atoms with Crippen molar-refractivity contribution in [2.24, 2.45) is 0 Å². The van der Waals surface area contributed by atoms with Crippen LogP contribution in [0.15, 0.2) is 0 Å². The van der Waals surface area contributed by atoms with E-state index in [4.69, 9.17) is 6.42 Å². The number of terminal acetylenes is 1. The highest BCUT2D eigenvalue weighted by molar-refractivity contribution is 5.00. The van der Waals surface area contributed by atoms with Crippen molar-refractivity contribution >= 4 is 0 Å². The molecule has 0 bridgehead atoms. The Morgan fingerprint density at radius 1 is 1.60 bits per heavy atom. The van der Waals surface area contributed by atoms with E-state index < -0.39 is 12.5 Å². The molecule has 0 rings (SSSR count). The molecule has 0 aromatic heterocycles. The zero-order valence-electron chi connectivity index (χ0n) is 5.90. The van der Waals surface area contributed by atoms with Crippen molar-refractivity contribution in [1.29, 1.82) is 0 Å². The summed E-state index contributed by atoms with van der Waals surface area (Å²) in [6.45, 7) is 2.44. The van der Waals surface area contributed by atoms with E-state index in [1.54, 1.807) is 0 Å². The van der Waals surface area contributed by atoms with E-state index in [1.807, 2.05) is 12.8 Å². The predicted molar refractivity (Wildman–Crippen MR) is 36.9 cm³/mol. The Morgan fingerprint density at radius 3 is 2.50 bits per heavy atom. The van der Waals surface area contributed by atoms with E-state index in [-0.39, 0.29) is 0 Å². The van der Waals surface area contributed by atoms with E-state index in [2.05, 4.69) is 5.32 Å². The third-order valence-corrected chi connectivity index (χ3v) is 1.05. The van der Waals surface area contributed by atoms with Crippen LogP contribution in [0, 0.1) is 12.3 Å². The summed E-state index contributed by atoms with van der Waals surface area (Å²) >= 11 is 0. The van der Waals surface area contributed by atoms with Gasteiger partial charge in [0.1, 0.15) is 6.04 Å². The molecule has 1 nitrogen and oxygen atoms in total. The maximum atomic E-state index is 11.8. The van der Waals surface area contributed by atoms with E-state index in [0.717, 1.165) is 6.42 Å². The van der Waals surface area contributed by atoms with Crippen molar-refractivity contribution in [3.8, 4) is 12.3 Å². The molecule has 0 aliphatic heterocycles. The summed E-state index contributed by atoms with van der Waals surface area (Å²) in [6, 6.07) is -1.08. The topological polar surface area (TPSA) is 12.0 Å². The first-order valence-corrected chi connectivity index (χ1v) is 3.20. The summed E-state index contributed by atoms with van der Waals surface area (Å²) in [5.74, 6) is 1.98. The van der Waals surface area contributed by atoms with Crippen LogP contribution in [0.2, 0.25) is 0 Å². The molecule has 1 atom stereocenters. The lowest BCUT2D eigenvalue weighted by Gasteiger charge is -2.09. The first-order valence-electron chi connectivity index (χ1n) is 3.20. The minimum absolute atomic E-state index is 0.541. The molecule has 0 fully saturated rings. The van der Waals surface area contributed by atoms with Crippen molar-refractivity contribution in [3.63, 3.8) is 0 Å². The first kappa shape index (κ1) is 9.38. The molecule has 0 heterocycles. The Hall–Kier alpha value is -0.620. The van der Waals surface area contributed by atoms with Crippen LogP contribution in [0.3, 0.4) is 0 Å². The highest BCUT2D eigenvalue weighted by Gasteiger charge is 2.15. The molecule has 0 radical (unpaired) electrons. The molecule has 0 amide bonds. The average molecular weight is 147 g/mol. The lowest BCUT2D eigenvalue weighted by atomic mass is 10.3. The molecule has 0 aromatic rings. The van der Waals surface area contributed by atoms with Crippen LogP contribution in [-0.4, -0.2) is 19.0 Å². The highest BCUT2D eigenvalue weighted by atomic mass is 19.3. The van der Waals surface area contributed by atoms with Crippen LogP contribution in [0.25, 0.3) is 0 Å². The SMILES string of the molecule is C#CC(NCCC)C(F)F. The fraction of sp³-hybridized carbons (Fsp3) is 0.714. The number of hydrogen-bond donors (Lipinski definition) is 1. The van der Waals surface area contributed by atoms with Crippen LogP contribution in [0.1, 0.15) is 13.3 Å². The summed E-state index contributed by atoms with van der Waals surface area (Å²) in [7, 11) is 0. The summed E-state index contributed by atoms with van der Waals surface area (Å²) in [5.41, 5.74) is 0. The molecule has 0 aromatic carbocycles. The van der Waals surface area contributed by atoms with Gasteiger partial charge in [-0.2, -0.15) is 0 Å². The van der Waals surface area contributed by atoms with E-state index in [1.165, 1.54) is 0 Å². The van der Waals surface area contributed by atoms with Crippen LogP contribution in [-0.2, 0) is 0 Å². The van der Waals surface area contributed by atoms with Crippen LogP contribution in [0.4, 0.5) is 8.78 Å². The molecule has 58 valence electrons. The Morgan fingerprint density at radius 2 is 2.20 bits per heavy atom. The lowest BCUT2D eigenvalue weighted by Crippen LogP contribution is -2.34. The number of halogens is 2. The van der Waals surface area contributed by atoms with Gasteiger partial charge in [-0.3, -0.25) is 5.32 Å². The van der Waals surface area contributed by atoms with Gasteiger partial charge in [-0.05, 0) is 13.0 Å². The van der Waals surface area contributed by atoms with E-state index in [9.17, 15) is 8.78 Å². The molecule has 0 saturated carbocycles. The van der Waals surface area contributed by atoms with Crippen molar-refractivity contribution < 1.29 is 8.78 Å². The average Bonchev–Trinajstić information content (AvgIpc) is 1.89. The predicted octanol–water partition coefficient (Wildman–Crippen LogP) is 1.25. The van der Waals surface area contributed by atoms with E-state index in [0.29, 0.717) is 6.54 Å². The molecular formula is C7H11F2N. The van der Waals surface area contributed by atoms with E-state index >= 15 is 0 Å². The van der Waals surface area contributed by atoms with Crippen LogP contribution >= 0.6 is 0 Å². The number of hydrogen-bond acceptors (Lipinski definition) is 1. The Kier molecular flexibility index (Phi) is 4.87. The van der Waals surface area contributed by atoms with Gasteiger partial charge in [0.05, 0.1) is 0 Å². The Labute approximate surface area is 59.8 Å². The second kappa shape index (κ2) is 5.19. The normalized spacial score (nSPS) is 13.1. The summed E-state index contributed by atoms with van der Waals surface area (Å²) in [4.78, 5) is 0. The summed E-state index contributed by atoms with van der Waals surface area (Å²) < 4.78 is 23.6. The highest BCUT2D eigenvalue weighted by Crippen LogP contribution is 1.98. The maximum Gasteiger partial charge on any atom is 0.264 e. The van der Waals surface area contributed by atoms with Gasteiger partial charge in [0.15, 0.2) is 0 Å². The van der Waals surface area contributed by atoms with Gasteiger partial charge >= 0.3 is 0 Å². The second-order valence-corrected chi connectivity index (χ2v) is 1.93. The van der Waals surface area contributed by atoms with Gasteiger partial charge in [-0.15, -0.1) is 6.42 Å². The Balaban J connectivity index is 3.53. The molecule has 0 aliphatic rings. The molecule has 3 heteroatoms. The monoisotopic (exact) mass is 147 g/mol. The zero-order chi connectivity index (χ0) is 7.98. The molecule has 1 unspecified atom stereocenters. The second-order valence-electron chi connectivity index (χ2n) is 1.93. The van der Waals surface area contributed by atoms with Crippen molar-refractivity contribution in [2.45, 2.75) is 25.8 Å². The molecule has 1 N–H and O–H groups in total. The van der Waals surface area contributed by atoms with Crippen molar-refractivity contribution in [3.05, 3.63) is 0 Å². The van der Waals surface area contributed by atoms with Gasteiger partial charge in [0.25, 0.3) is 6.43 Å². The summed E-state index contributed by atoms with van der Waals surface area (Å²) in [6.07, 6.45) is 3.17. The number of alkyl halides is 2. The third-order valence-electron chi connectivity index (χ3n) is 1.05. The number of rotatable bonds is 4. The van der Waals surface area contributed by atoms with Crippen LogP contribution < -0.4 is 5.32 Å². The van der Waals surface area contributed by atoms with Crippen molar-refractivity contribution in [2.75, 3.05) is 6.54 Å². The maximum absolute atomic E-state index is 11.8. The van der Waals surface area contributed by atoms with Crippen LogP contribution in [0.5, 0.6) is 0 Å². The first-order chi connectivity index (χ1) is 4.72. The summed E-state index contributed by atoms with van der Waals surface area (Å²) in [5, 5.41) is 2.53. The van der Waals surface area contributed by atoms with Gasteiger partial charge < -0.3 is 0 Å². The third kappa shape index (κ3) is 3.41. The van der Waals surface area contributed by atoms with Gasteiger partial charge in [-0.1, -0.05) is 12.8 Å². The number of nitrogens with one attached hydrogen (secondary N) is 1.